The van der Waals surface area contributed by atoms with Gasteiger partial charge in [0.2, 0.25) is 0 Å². The number of nitrogens with one attached hydrogen (secondary N) is 1. The fourth-order valence-corrected chi connectivity index (χ4v) is 4.19. The molecule has 0 bridgehead atoms. The first-order valence-electron chi connectivity index (χ1n) is 6.68. The second-order valence-electron chi connectivity index (χ2n) is 5.12. The Bertz CT molecular complexity index is 489. The zero-order valence-corrected chi connectivity index (χ0v) is 12.4. The highest BCUT2D eigenvalue weighted by molar-refractivity contribution is 7.14. The molecule has 1 fully saturated rings. The van der Waals surface area contributed by atoms with Gasteiger partial charge in [0, 0.05) is 27.4 Å². The van der Waals surface area contributed by atoms with Crippen molar-refractivity contribution in [2.24, 2.45) is 0 Å². The first-order valence-corrected chi connectivity index (χ1v) is 8.44. The molecule has 96 valence electrons. The fourth-order valence-electron chi connectivity index (χ4n) is 2.58. The van der Waals surface area contributed by atoms with Crippen LogP contribution in [-0.4, -0.2) is 5.54 Å². The first-order chi connectivity index (χ1) is 8.81. The van der Waals surface area contributed by atoms with Crippen molar-refractivity contribution in [3.05, 3.63) is 33.8 Å². The zero-order chi connectivity index (χ0) is 12.4. The number of thiophene rings is 2. The third kappa shape index (κ3) is 2.40. The molecule has 1 nitrogen and oxygen atoms in total. The van der Waals surface area contributed by atoms with Crippen molar-refractivity contribution < 1.29 is 0 Å². The van der Waals surface area contributed by atoms with Crippen molar-refractivity contribution in [3.63, 3.8) is 0 Å². The van der Waals surface area contributed by atoms with E-state index in [2.05, 4.69) is 41.2 Å². The Kier molecular flexibility index (Phi) is 3.55. The lowest BCUT2D eigenvalue weighted by atomic mass is 9.75. The summed E-state index contributed by atoms with van der Waals surface area (Å²) >= 11 is 3.70. The Morgan fingerprint density at radius 3 is 2.83 bits per heavy atom. The average Bonchev–Trinajstić information content (AvgIpc) is 2.98. The summed E-state index contributed by atoms with van der Waals surface area (Å²) in [7, 11) is 0. The van der Waals surface area contributed by atoms with Gasteiger partial charge in [0.05, 0.1) is 0 Å². The van der Waals surface area contributed by atoms with E-state index in [0.717, 1.165) is 6.54 Å². The molecule has 1 saturated carbocycles. The van der Waals surface area contributed by atoms with Crippen LogP contribution in [0.1, 0.15) is 37.5 Å². The van der Waals surface area contributed by atoms with E-state index < -0.39 is 0 Å². The SMILES string of the molecule is CCC1(NCc2cc(-c3cccs3)cs2)CCC1. The van der Waals surface area contributed by atoms with Crippen molar-refractivity contribution in [2.75, 3.05) is 0 Å². The Labute approximate surface area is 117 Å². The van der Waals surface area contributed by atoms with Crippen molar-refractivity contribution in [3.8, 4) is 10.4 Å². The van der Waals surface area contributed by atoms with Gasteiger partial charge in [0.1, 0.15) is 0 Å². The molecular weight excluding hydrogens is 258 g/mol. The third-order valence-corrected chi connectivity index (χ3v) is 5.94. The maximum Gasteiger partial charge on any atom is 0.0351 e. The van der Waals surface area contributed by atoms with Crippen LogP contribution in [0.4, 0.5) is 0 Å². The summed E-state index contributed by atoms with van der Waals surface area (Å²) in [6.07, 6.45) is 5.36. The third-order valence-electron chi connectivity index (χ3n) is 4.08. The summed E-state index contributed by atoms with van der Waals surface area (Å²) in [6, 6.07) is 6.66. The van der Waals surface area contributed by atoms with E-state index in [0.29, 0.717) is 5.54 Å². The van der Waals surface area contributed by atoms with E-state index in [1.165, 1.54) is 41.0 Å². The van der Waals surface area contributed by atoms with Gasteiger partial charge in [-0.15, -0.1) is 22.7 Å². The molecule has 2 heterocycles. The molecule has 0 aromatic carbocycles. The summed E-state index contributed by atoms with van der Waals surface area (Å²) in [5.74, 6) is 0. The number of rotatable bonds is 5. The summed E-state index contributed by atoms with van der Waals surface area (Å²) < 4.78 is 0. The molecule has 0 aliphatic heterocycles. The quantitative estimate of drug-likeness (QED) is 0.819. The Balaban J connectivity index is 1.64. The second kappa shape index (κ2) is 5.16. The molecule has 0 atom stereocenters. The molecular formula is C15H19NS2. The van der Waals surface area contributed by atoms with Gasteiger partial charge in [-0.05, 0) is 48.6 Å². The highest BCUT2D eigenvalue weighted by Gasteiger charge is 2.34. The van der Waals surface area contributed by atoms with Crippen LogP contribution in [0.25, 0.3) is 10.4 Å². The van der Waals surface area contributed by atoms with Gasteiger partial charge in [-0.2, -0.15) is 0 Å². The molecule has 0 amide bonds. The molecule has 1 aliphatic carbocycles. The lowest BCUT2D eigenvalue weighted by Crippen LogP contribution is -2.49. The lowest BCUT2D eigenvalue weighted by Gasteiger charge is -2.42. The molecule has 2 aromatic rings. The van der Waals surface area contributed by atoms with E-state index in [-0.39, 0.29) is 0 Å². The summed E-state index contributed by atoms with van der Waals surface area (Å²) in [4.78, 5) is 2.84. The molecule has 1 aliphatic rings. The van der Waals surface area contributed by atoms with Crippen LogP contribution in [-0.2, 0) is 6.54 Å². The van der Waals surface area contributed by atoms with Gasteiger partial charge >= 0.3 is 0 Å². The lowest BCUT2D eigenvalue weighted by molar-refractivity contribution is 0.176. The average molecular weight is 277 g/mol. The van der Waals surface area contributed by atoms with E-state index >= 15 is 0 Å². The van der Waals surface area contributed by atoms with Gasteiger partial charge in [0.15, 0.2) is 0 Å². The highest BCUT2D eigenvalue weighted by atomic mass is 32.1. The molecule has 0 radical (unpaired) electrons. The zero-order valence-electron chi connectivity index (χ0n) is 10.7. The van der Waals surface area contributed by atoms with Crippen molar-refractivity contribution in [1.29, 1.82) is 0 Å². The van der Waals surface area contributed by atoms with Crippen LogP contribution in [0.5, 0.6) is 0 Å². The molecule has 3 rings (SSSR count). The van der Waals surface area contributed by atoms with Crippen LogP contribution in [0.2, 0.25) is 0 Å². The van der Waals surface area contributed by atoms with Crippen LogP contribution < -0.4 is 5.32 Å². The Morgan fingerprint density at radius 2 is 2.22 bits per heavy atom. The minimum Gasteiger partial charge on any atom is -0.306 e. The van der Waals surface area contributed by atoms with Crippen LogP contribution in [0.3, 0.4) is 0 Å². The first kappa shape index (κ1) is 12.4. The second-order valence-corrected chi connectivity index (χ2v) is 7.06. The van der Waals surface area contributed by atoms with Gasteiger partial charge in [-0.1, -0.05) is 13.0 Å². The van der Waals surface area contributed by atoms with Crippen LogP contribution in [0.15, 0.2) is 29.0 Å². The minimum absolute atomic E-state index is 0.451. The Hall–Kier alpha value is -0.640. The standard InChI is InChI=1S/C15H19NS2/c1-2-15(6-4-7-15)16-10-13-9-12(11-18-13)14-5-3-8-17-14/h3,5,8-9,11,16H,2,4,6-7,10H2,1H3. The van der Waals surface area contributed by atoms with Crippen molar-refractivity contribution in [1.82, 2.24) is 5.32 Å². The molecule has 2 aromatic heterocycles. The van der Waals surface area contributed by atoms with Gasteiger partial charge in [-0.25, -0.2) is 0 Å². The smallest absolute Gasteiger partial charge is 0.0351 e. The van der Waals surface area contributed by atoms with Gasteiger partial charge in [-0.3, -0.25) is 0 Å². The largest absolute Gasteiger partial charge is 0.306 e. The predicted octanol–water partition coefficient (Wildman–Crippen LogP) is 4.90. The fraction of sp³-hybridized carbons (Fsp3) is 0.467. The highest BCUT2D eigenvalue weighted by Crippen LogP contribution is 2.35. The topological polar surface area (TPSA) is 12.0 Å². The normalized spacial score (nSPS) is 17.6. The monoisotopic (exact) mass is 277 g/mol. The molecule has 3 heteroatoms. The summed E-state index contributed by atoms with van der Waals surface area (Å²) in [5.41, 5.74) is 1.83. The van der Waals surface area contributed by atoms with E-state index in [1.807, 2.05) is 22.7 Å². The molecule has 0 saturated heterocycles. The maximum atomic E-state index is 3.77. The van der Waals surface area contributed by atoms with Gasteiger partial charge < -0.3 is 5.32 Å². The molecule has 0 spiro atoms. The van der Waals surface area contributed by atoms with E-state index in [9.17, 15) is 0 Å². The van der Waals surface area contributed by atoms with E-state index in [1.54, 1.807) is 0 Å². The number of hydrogen-bond acceptors (Lipinski definition) is 3. The molecule has 18 heavy (non-hydrogen) atoms. The van der Waals surface area contributed by atoms with Crippen molar-refractivity contribution >= 4 is 22.7 Å². The molecule has 1 N–H and O–H groups in total. The predicted molar refractivity (Wildman–Crippen MR) is 81.3 cm³/mol. The van der Waals surface area contributed by atoms with E-state index in [4.69, 9.17) is 0 Å². The van der Waals surface area contributed by atoms with Crippen LogP contribution >= 0.6 is 22.7 Å². The maximum absolute atomic E-state index is 3.77. The minimum atomic E-state index is 0.451. The Morgan fingerprint density at radius 1 is 1.33 bits per heavy atom. The summed E-state index contributed by atoms with van der Waals surface area (Å²) in [6.45, 7) is 3.33. The van der Waals surface area contributed by atoms with Gasteiger partial charge in [0.25, 0.3) is 0 Å². The molecule has 0 unspecified atom stereocenters. The van der Waals surface area contributed by atoms with Crippen molar-refractivity contribution in [2.45, 2.75) is 44.7 Å². The number of hydrogen-bond donors (Lipinski definition) is 1. The summed E-state index contributed by atoms with van der Waals surface area (Å²) in [5, 5.41) is 8.20. The van der Waals surface area contributed by atoms with Crippen LogP contribution in [0, 0.1) is 0 Å².